The predicted molar refractivity (Wildman–Crippen MR) is 53.7 cm³/mol. The van der Waals surface area contributed by atoms with Gasteiger partial charge in [-0.15, -0.1) is 0 Å². The van der Waals surface area contributed by atoms with Gasteiger partial charge in [0.1, 0.15) is 11.9 Å². The zero-order valence-electron chi connectivity index (χ0n) is 8.37. The zero-order valence-corrected chi connectivity index (χ0v) is 8.37. The van der Waals surface area contributed by atoms with Crippen LogP contribution in [0.3, 0.4) is 0 Å². The lowest BCUT2D eigenvalue weighted by Gasteiger charge is -2.19. The van der Waals surface area contributed by atoms with Gasteiger partial charge in [-0.1, -0.05) is 11.6 Å². The van der Waals surface area contributed by atoms with E-state index in [1.54, 1.807) is 12.1 Å². The van der Waals surface area contributed by atoms with E-state index in [0.717, 1.165) is 5.56 Å². The quantitative estimate of drug-likeness (QED) is 0.706. The van der Waals surface area contributed by atoms with E-state index >= 15 is 0 Å². The van der Waals surface area contributed by atoms with Crippen molar-refractivity contribution < 1.29 is 13.9 Å². The molecule has 1 atom stereocenters. The van der Waals surface area contributed by atoms with Gasteiger partial charge in [-0.2, -0.15) is 0 Å². The highest BCUT2D eigenvalue weighted by atomic mass is 19.1. The third kappa shape index (κ3) is 2.06. The molecule has 2 nitrogen and oxygen atoms in total. The number of carbonyl (C=O) groups is 1. The first-order valence-electron chi connectivity index (χ1n) is 4.78. The van der Waals surface area contributed by atoms with E-state index in [9.17, 15) is 9.18 Å². The van der Waals surface area contributed by atoms with E-state index in [1.165, 1.54) is 18.4 Å². The molecule has 0 saturated heterocycles. The van der Waals surface area contributed by atoms with Gasteiger partial charge >= 0.3 is 0 Å². The Morgan fingerprint density at radius 3 is 3.00 bits per heavy atom. The first kappa shape index (κ1) is 9.90. The lowest BCUT2D eigenvalue weighted by Crippen LogP contribution is -2.12. The molecule has 2 rings (SSSR count). The second-order valence-corrected chi connectivity index (χ2v) is 3.62. The molecule has 1 aromatic rings. The van der Waals surface area contributed by atoms with Crippen molar-refractivity contribution >= 4 is 5.78 Å². The van der Waals surface area contributed by atoms with Crippen LogP contribution in [-0.4, -0.2) is 5.78 Å². The van der Waals surface area contributed by atoms with E-state index in [1.807, 2.05) is 6.92 Å². The molecule has 0 saturated carbocycles. The van der Waals surface area contributed by atoms with Crippen LogP contribution in [-0.2, 0) is 9.53 Å². The minimum absolute atomic E-state index is 0.0350. The number of ether oxygens (including phenoxy) is 1. The molecule has 0 aromatic heterocycles. The van der Waals surface area contributed by atoms with Crippen molar-refractivity contribution in [2.45, 2.75) is 19.4 Å². The van der Waals surface area contributed by atoms with Crippen molar-refractivity contribution in [3.63, 3.8) is 0 Å². The molecule has 1 aromatic carbocycles. The minimum Gasteiger partial charge on any atom is -0.493 e. The fourth-order valence-electron chi connectivity index (χ4n) is 1.60. The van der Waals surface area contributed by atoms with Gasteiger partial charge in [-0.25, -0.2) is 4.39 Å². The molecular formula is C12H11FO2. The number of aryl methyl sites for hydroxylation is 1. The third-order valence-corrected chi connectivity index (χ3v) is 2.38. The van der Waals surface area contributed by atoms with E-state index in [2.05, 4.69) is 0 Å². The molecule has 0 fully saturated rings. The fourth-order valence-corrected chi connectivity index (χ4v) is 1.60. The minimum atomic E-state index is -0.484. The summed E-state index contributed by atoms with van der Waals surface area (Å²) >= 11 is 0. The summed E-state index contributed by atoms with van der Waals surface area (Å²) in [5.41, 5.74) is 1.41. The Balaban J connectivity index is 2.33. The van der Waals surface area contributed by atoms with Gasteiger partial charge in [-0.3, -0.25) is 4.79 Å². The molecule has 0 bridgehead atoms. The fraction of sp³-hybridized carbons (Fsp3) is 0.250. The predicted octanol–water partition coefficient (Wildman–Crippen LogP) is 2.68. The van der Waals surface area contributed by atoms with Crippen molar-refractivity contribution in [3.8, 4) is 0 Å². The van der Waals surface area contributed by atoms with Crippen LogP contribution < -0.4 is 0 Å². The van der Waals surface area contributed by atoms with E-state index in [-0.39, 0.29) is 18.0 Å². The number of ketones is 1. The summed E-state index contributed by atoms with van der Waals surface area (Å²) < 4.78 is 18.7. The van der Waals surface area contributed by atoms with E-state index < -0.39 is 6.10 Å². The molecule has 3 heteroatoms. The number of hydrogen-bond acceptors (Lipinski definition) is 2. The second-order valence-electron chi connectivity index (χ2n) is 3.62. The Hall–Kier alpha value is -1.64. The highest BCUT2D eigenvalue weighted by Crippen LogP contribution is 2.27. The number of allylic oxidation sites excluding steroid dienone is 1. The average molecular weight is 206 g/mol. The second kappa shape index (κ2) is 3.85. The molecule has 0 N–H and O–H groups in total. The molecule has 78 valence electrons. The van der Waals surface area contributed by atoms with Crippen LogP contribution in [0.15, 0.2) is 30.5 Å². The summed E-state index contributed by atoms with van der Waals surface area (Å²) in [5.74, 6) is -0.360. The SMILES string of the molecule is Cc1ccc(F)c(C2CC(=O)C=CO2)c1. The summed E-state index contributed by atoms with van der Waals surface area (Å²) in [6.45, 7) is 1.88. The van der Waals surface area contributed by atoms with Gasteiger partial charge in [0, 0.05) is 11.6 Å². The maximum Gasteiger partial charge on any atom is 0.162 e. The van der Waals surface area contributed by atoms with Crippen LogP contribution in [0.4, 0.5) is 4.39 Å². The Morgan fingerprint density at radius 2 is 2.27 bits per heavy atom. The molecule has 1 heterocycles. The van der Waals surface area contributed by atoms with Crippen molar-refractivity contribution in [3.05, 3.63) is 47.5 Å². The molecule has 0 radical (unpaired) electrons. The lowest BCUT2D eigenvalue weighted by atomic mass is 10.0. The summed E-state index contributed by atoms with van der Waals surface area (Å²) in [6.07, 6.45) is 2.42. The molecule has 1 aliphatic rings. The van der Waals surface area contributed by atoms with Gasteiger partial charge < -0.3 is 4.74 Å². The van der Waals surface area contributed by atoms with Crippen LogP contribution in [0.25, 0.3) is 0 Å². The highest BCUT2D eigenvalue weighted by Gasteiger charge is 2.21. The number of benzene rings is 1. The zero-order chi connectivity index (χ0) is 10.8. The Labute approximate surface area is 87.4 Å². The van der Waals surface area contributed by atoms with Crippen LogP contribution in [0, 0.1) is 12.7 Å². The van der Waals surface area contributed by atoms with Gasteiger partial charge in [0.05, 0.1) is 12.7 Å². The van der Waals surface area contributed by atoms with Crippen LogP contribution >= 0.6 is 0 Å². The van der Waals surface area contributed by atoms with Crippen molar-refractivity contribution in [2.24, 2.45) is 0 Å². The highest BCUT2D eigenvalue weighted by molar-refractivity contribution is 5.90. The summed E-state index contributed by atoms with van der Waals surface area (Å²) in [6, 6.07) is 4.81. The smallest absolute Gasteiger partial charge is 0.162 e. The topological polar surface area (TPSA) is 26.3 Å². The van der Waals surface area contributed by atoms with E-state index in [4.69, 9.17) is 4.74 Å². The molecule has 0 aliphatic carbocycles. The Morgan fingerprint density at radius 1 is 1.47 bits per heavy atom. The van der Waals surface area contributed by atoms with Crippen LogP contribution in [0.1, 0.15) is 23.7 Å². The maximum atomic E-state index is 13.5. The number of halogens is 1. The van der Waals surface area contributed by atoms with Crippen molar-refractivity contribution in [1.82, 2.24) is 0 Å². The first-order valence-corrected chi connectivity index (χ1v) is 4.78. The number of rotatable bonds is 1. The van der Waals surface area contributed by atoms with Gasteiger partial charge in [0.25, 0.3) is 0 Å². The summed E-state index contributed by atoms with van der Waals surface area (Å²) in [5, 5.41) is 0. The van der Waals surface area contributed by atoms with Crippen LogP contribution in [0.5, 0.6) is 0 Å². The number of carbonyl (C=O) groups excluding carboxylic acids is 1. The molecule has 1 aliphatic heterocycles. The largest absolute Gasteiger partial charge is 0.493 e. The molecular weight excluding hydrogens is 195 g/mol. The summed E-state index contributed by atoms with van der Waals surface area (Å²) in [4.78, 5) is 11.2. The Kier molecular flexibility index (Phi) is 2.54. The van der Waals surface area contributed by atoms with Gasteiger partial charge in [0.15, 0.2) is 5.78 Å². The monoisotopic (exact) mass is 206 g/mol. The van der Waals surface area contributed by atoms with Crippen LogP contribution in [0.2, 0.25) is 0 Å². The molecule has 1 unspecified atom stereocenters. The van der Waals surface area contributed by atoms with Crippen molar-refractivity contribution in [2.75, 3.05) is 0 Å². The molecule has 15 heavy (non-hydrogen) atoms. The maximum absolute atomic E-state index is 13.5. The van der Waals surface area contributed by atoms with Gasteiger partial charge in [0.2, 0.25) is 0 Å². The molecule has 0 spiro atoms. The van der Waals surface area contributed by atoms with E-state index in [0.29, 0.717) is 5.56 Å². The average Bonchev–Trinajstić information content (AvgIpc) is 2.22. The van der Waals surface area contributed by atoms with Gasteiger partial charge in [-0.05, 0) is 19.1 Å². The summed E-state index contributed by atoms with van der Waals surface area (Å²) in [7, 11) is 0. The Bertz CT molecular complexity index is 424. The standard InChI is InChI=1S/C12H11FO2/c1-8-2-3-11(13)10(6-8)12-7-9(14)4-5-15-12/h2-6,12H,7H2,1H3. The van der Waals surface area contributed by atoms with Crippen molar-refractivity contribution in [1.29, 1.82) is 0 Å². The first-order chi connectivity index (χ1) is 7.16. The molecule has 0 amide bonds. The lowest BCUT2D eigenvalue weighted by molar-refractivity contribution is -0.118. The normalized spacial score (nSPS) is 20.1. The number of hydrogen-bond donors (Lipinski definition) is 0. The third-order valence-electron chi connectivity index (χ3n) is 2.38.